The van der Waals surface area contributed by atoms with Crippen LogP contribution in [0.5, 0.6) is 0 Å². The molecule has 1 saturated heterocycles. The van der Waals surface area contributed by atoms with E-state index in [1.807, 2.05) is 0 Å². The van der Waals surface area contributed by atoms with Gasteiger partial charge < -0.3 is 10.1 Å². The summed E-state index contributed by atoms with van der Waals surface area (Å²) in [6.45, 7) is 1.18. The number of hydrogen-bond acceptors (Lipinski definition) is 5. The summed E-state index contributed by atoms with van der Waals surface area (Å²) in [5.74, 6) is -0.641. The average Bonchev–Trinajstić information content (AvgIpc) is 3.28. The summed E-state index contributed by atoms with van der Waals surface area (Å²) in [7, 11) is 0. The SMILES string of the molecule is O=C(CSc1nc(=O)n(CC2CCCO2)c2c1CCCC2)Nc1cc(C(F)(F)F)ccc1Cl. The highest BCUT2D eigenvalue weighted by molar-refractivity contribution is 8.00. The molecule has 1 fully saturated rings. The van der Waals surface area contributed by atoms with Crippen LogP contribution in [0.1, 0.15) is 42.5 Å². The monoisotopic (exact) mass is 501 g/mol. The molecule has 2 aliphatic rings. The minimum atomic E-state index is -4.55. The zero-order chi connectivity index (χ0) is 23.6. The van der Waals surface area contributed by atoms with Crippen LogP contribution in [-0.2, 0) is 35.1 Å². The molecule has 0 saturated carbocycles. The third kappa shape index (κ3) is 5.73. The minimum absolute atomic E-state index is 0.00795. The van der Waals surface area contributed by atoms with E-state index in [2.05, 4.69) is 10.3 Å². The number of carbonyl (C=O) groups excluding carboxylic acids is 1. The Hall–Kier alpha value is -2.04. The summed E-state index contributed by atoms with van der Waals surface area (Å²) < 4.78 is 46.3. The number of fused-ring (bicyclic) bond motifs is 1. The van der Waals surface area contributed by atoms with Gasteiger partial charge in [-0.25, -0.2) is 4.79 Å². The van der Waals surface area contributed by atoms with E-state index in [-0.39, 0.29) is 28.3 Å². The molecule has 1 aromatic heterocycles. The highest BCUT2D eigenvalue weighted by Crippen LogP contribution is 2.34. The van der Waals surface area contributed by atoms with Crippen LogP contribution in [-0.4, -0.2) is 33.9 Å². The maximum Gasteiger partial charge on any atom is 0.416 e. The van der Waals surface area contributed by atoms with Gasteiger partial charge in [-0.05, 0) is 56.7 Å². The number of ether oxygens (including phenoxy) is 1. The number of alkyl halides is 3. The summed E-state index contributed by atoms with van der Waals surface area (Å²) in [6, 6.07) is 2.75. The molecule has 0 bridgehead atoms. The fraction of sp³-hybridized carbons (Fsp3) is 0.500. The summed E-state index contributed by atoms with van der Waals surface area (Å²) >= 11 is 7.07. The van der Waals surface area contributed by atoms with E-state index in [0.717, 1.165) is 79.7 Å². The Morgan fingerprint density at radius 2 is 2.06 bits per heavy atom. The Bertz CT molecular complexity index is 1100. The first-order valence-electron chi connectivity index (χ1n) is 10.8. The van der Waals surface area contributed by atoms with Crippen molar-refractivity contribution >= 4 is 35.0 Å². The molecule has 1 amide bonds. The van der Waals surface area contributed by atoms with Crippen molar-refractivity contribution in [2.45, 2.75) is 62.4 Å². The van der Waals surface area contributed by atoms with Crippen LogP contribution in [0.4, 0.5) is 18.9 Å². The van der Waals surface area contributed by atoms with Crippen molar-refractivity contribution in [3.05, 3.63) is 50.5 Å². The third-order valence-corrected chi connectivity index (χ3v) is 7.12. The van der Waals surface area contributed by atoms with Gasteiger partial charge in [0.2, 0.25) is 5.91 Å². The van der Waals surface area contributed by atoms with Crippen molar-refractivity contribution in [2.24, 2.45) is 0 Å². The summed E-state index contributed by atoms with van der Waals surface area (Å²) in [4.78, 5) is 29.5. The molecular formula is C22H23ClF3N3O3S. The second-order valence-corrected chi connectivity index (χ2v) is 9.48. The van der Waals surface area contributed by atoms with Gasteiger partial charge in [-0.1, -0.05) is 23.4 Å². The van der Waals surface area contributed by atoms with Crippen LogP contribution >= 0.6 is 23.4 Å². The molecule has 2 heterocycles. The molecule has 1 aliphatic carbocycles. The lowest BCUT2D eigenvalue weighted by atomic mass is 9.97. The molecule has 178 valence electrons. The second-order valence-electron chi connectivity index (χ2n) is 8.11. The van der Waals surface area contributed by atoms with Crippen molar-refractivity contribution in [2.75, 3.05) is 17.7 Å². The lowest BCUT2D eigenvalue weighted by Crippen LogP contribution is -2.34. The number of aromatic nitrogens is 2. The van der Waals surface area contributed by atoms with Crippen molar-refractivity contribution in [3.63, 3.8) is 0 Å². The van der Waals surface area contributed by atoms with Crippen LogP contribution in [0.25, 0.3) is 0 Å². The third-order valence-electron chi connectivity index (χ3n) is 5.77. The first kappa shape index (κ1) is 24.1. The van der Waals surface area contributed by atoms with E-state index in [1.54, 1.807) is 4.57 Å². The quantitative estimate of drug-likeness (QED) is 0.458. The molecule has 4 rings (SSSR count). The van der Waals surface area contributed by atoms with Crippen LogP contribution in [0, 0.1) is 0 Å². The number of hydrogen-bond donors (Lipinski definition) is 1. The molecule has 11 heteroatoms. The van der Waals surface area contributed by atoms with Gasteiger partial charge in [0.1, 0.15) is 5.03 Å². The molecule has 1 atom stereocenters. The van der Waals surface area contributed by atoms with Crippen LogP contribution in [0.3, 0.4) is 0 Å². The topological polar surface area (TPSA) is 73.2 Å². The standard InChI is InChI=1S/C22H23ClF3N3O3S/c23-16-8-7-13(22(24,25)26)10-17(16)27-19(30)12-33-20-15-5-1-2-6-18(15)29(21(31)28-20)11-14-4-3-9-32-14/h7-8,10,14H,1-6,9,11-12H2,(H,27,30). The van der Waals surface area contributed by atoms with Gasteiger partial charge in [0.15, 0.2) is 0 Å². The molecule has 1 N–H and O–H groups in total. The number of nitrogens with one attached hydrogen (secondary N) is 1. The van der Waals surface area contributed by atoms with E-state index >= 15 is 0 Å². The van der Waals surface area contributed by atoms with Crippen molar-refractivity contribution in [1.29, 1.82) is 0 Å². The fourth-order valence-corrected chi connectivity index (χ4v) is 5.21. The van der Waals surface area contributed by atoms with Crippen LogP contribution < -0.4 is 11.0 Å². The number of amides is 1. The van der Waals surface area contributed by atoms with Crippen molar-refractivity contribution < 1.29 is 22.7 Å². The van der Waals surface area contributed by atoms with Gasteiger partial charge in [-0.15, -0.1) is 0 Å². The maximum absolute atomic E-state index is 13.0. The van der Waals surface area contributed by atoms with Gasteiger partial charge in [0, 0.05) is 17.9 Å². The Morgan fingerprint density at radius 3 is 2.79 bits per heavy atom. The summed E-state index contributed by atoms with van der Waals surface area (Å²) in [6.07, 6.45) is 0.820. The molecular weight excluding hydrogens is 479 g/mol. The molecule has 0 radical (unpaired) electrons. The zero-order valence-electron chi connectivity index (χ0n) is 17.7. The molecule has 6 nitrogen and oxygen atoms in total. The number of anilines is 1. The zero-order valence-corrected chi connectivity index (χ0v) is 19.3. The van der Waals surface area contributed by atoms with Crippen LogP contribution in [0.15, 0.2) is 28.0 Å². The predicted molar refractivity (Wildman–Crippen MR) is 120 cm³/mol. The van der Waals surface area contributed by atoms with Gasteiger partial charge in [0.05, 0.1) is 34.7 Å². The normalized spacial score (nSPS) is 18.2. The largest absolute Gasteiger partial charge is 0.416 e. The van der Waals surface area contributed by atoms with E-state index < -0.39 is 17.6 Å². The van der Waals surface area contributed by atoms with Crippen molar-refractivity contribution in [3.8, 4) is 0 Å². The highest BCUT2D eigenvalue weighted by Gasteiger charge is 2.31. The van der Waals surface area contributed by atoms with E-state index in [4.69, 9.17) is 16.3 Å². The molecule has 0 spiro atoms. The van der Waals surface area contributed by atoms with Gasteiger partial charge in [-0.2, -0.15) is 18.2 Å². The Labute approximate surface area is 197 Å². The van der Waals surface area contributed by atoms with Crippen LogP contribution in [0.2, 0.25) is 5.02 Å². The number of benzene rings is 1. The number of carbonyl (C=O) groups is 1. The van der Waals surface area contributed by atoms with E-state index in [1.165, 1.54) is 0 Å². The van der Waals surface area contributed by atoms with E-state index in [0.29, 0.717) is 18.2 Å². The molecule has 33 heavy (non-hydrogen) atoms. The van der Waals surface area contributed by atoms with Gasteiger partial charge >= 0.3 is 11.9 Å². The lowest BCUT2D eigenvalue weighted by Gasteiger charge is -2.24. The molecule has 2 aromatic rings. The molecule has 1 unspecified atom stereocenters. The number of rotatable bonds is 6. The molecule has 1 aliphatic heterocycles. The fourth-order valence-electron chi connectivity index (χ4n) is 4.17. The maximum atomic E-state index is 13.0. The number of thioether (sulfide) groups is 1. The summed E-state index contributed by atoms with van der Waals surface area (Å²) in [5, 5.41) is 2.94. The van der Waals surface area contributed by atoms with Crippen molar-refractivity contribution in [1.82, 2.24) is 9.55 Å². The first-order chi connectivity index (χ1) is 15.7. The first-order valence-corrected chi connectivity index (χ1v) is 12.1. The Morgan fingerprint density at radius 1 is 1.27 bits per heavy atom. The molecule has 1 aromatic carbocycles. The van der Waals surface area contributed by atoms with Gasteiger partial charge in [0.25, 0.3) is 0 Å². The van der Waals surface area contributed by atoms with E-state index in [9.17, 15) is 22.8 Å². The number of halogens is 4. The Kier molecular flexibility index (Phi) is 7.35. The smallest absolute Gasteiger partial charge is 0.376 e. The minimum Gasteiger partial charge on any atom is -0.376 e. The van der Waals surface area contributed by atoms with Gasteiger partial charge in [-0.3, -0.25) is 9.36 Å². The summed E-state index contributed by atoms with van der Waals surface area (Å²) in [5.41, 5.74) is 0.531. The Balaban J connectivity index is 1.49. The average molecular weight is 502 g/mol. The second kappa shape index (κ2) is 10.1. The lowest BCUT2D eigenvalue weighted by molar-refractivity contribution is -0.137. The predicted octanol–water partition coefficient (Wildman–Crippen LogP) is 4.70. The highest BCUT2D eigenvalue weighted by atomic mass is 35.5. The number of nitrogens with zero attached hydrogens (tertiary/aromatic N) is 2.